The van der Waals surface area contributed by atoms with E-state index in [4.69, 9.17) is 0 Å². The third kappa shape index (κ3) is 1.77. The average Bonchev–Trinajstić information content (AvgIpc) is 2.50. The lowest BCUT2D eigenvalue weighted by Crippen LogP contribution is -1.98. The van der Waals surface area contributed by atoms with Crippen LogP contribution in [0.5, 0.6) is 0 Å². The van der Waals surface area contributed by atoms with Gasteiger partial charge in [-0.15, -0.1) is 11.8 Å². The number of thioether (sulfide) groups is 1. The van der Waals surface area contributed by atoms with E-state index in [1.165, 1.54) is 7.11 Å². The number of rotatable bonds is 2. The molecule has 0 aliphatic heterocycles. The minimum atomic E-state index is -0.304. The highest BCUT2D eigenvalue weighted by Gasteiger charge is 2.06. The third-order valence-corrected chi connectivity index (χ3v) is 1.97. The van der Waals surface area contributed by atoms with Crippen molar-refractivity contribution in [2.24, 2.45) is 0 Å². The van der Waals surface area contributed by atoms with Crippen molar-refractivity contribution in [2.45, 2.75) is 5.03 Å². The van der Waals surface area contributed by atoms with Crippen molar-refractivity contribution in [1.82, 2.24) is 4.98 Å². The summed E-state index contributed by atoms with van der Waals surface area (Å²) in [6.45, 7) is 0. The molecule has 3 nitrogen and oxygen atoms in total. The zero-order valence-electron chi connectivity index (χ0n) is 6.38. The zero-order valence-corrected chi connectivity index (χ0v) is 7.20. The van der Waals surface area contributed by atoms with Crippen molar-refractivity contribution >= 4 is 17.7 Å². The quantitative estimate of drug-likeness (QED) is 0.542. The molecule has 1 heterocycles. The highest BCUT2D eigenvalue weighted by Crippen LogP contribution is 2.14. The van der Waals surface area contributed by atoms with Gasteiger partial charge in [0.25, 0.3) is 0 Å². The molecule has 60 valence electrons. The molecule has 1 aromatic rings. The second kappa shape index (κ2) is 3.48. The normalized spacial score (nSPS) is 9.64. The van der Waals surface area contributed by atoms with Gasteiger partial charge in [0.1, 0.15) is 0 Å². The van der Waals surface area contributed by atoms with Crippen LogP contribution in [0, 0.1) is 0 Å². The number of methoxy groups -OCH3 is 1. The molecule has 0 spiro atoms. The monoisotopic (exact) mass is 171 g/mol. The first-order chi connectivity index (χ1) is 5.27. The average molecular weight is 171 g/mol. The molecule has 11 heavy (non-hydrogen) atoms. The van der Waals surface area contributed by atoms with E-state index in [1.54, 1.807) is 24.0 Å². The van der Waals surface area contributed by atoms with E-state index in [9.17, 15) is 4.79 Å². The van der Waals surface area contributed by atoms with Crippen LogP contribution in [-0.2, 0) is 4.74 Å². The largest absolute Gasteiger partial charge is 0.465 e. The Hall–Kier alpha value is -0.900. The fourth-order valence-electron chi connectivity index (χ4n) is 0.727. The highest BCUT2D eigenvalue weighted by molar-refractivity contribution is 7.98. The lowest BCUT2D eigenvalue weighted by atomic mass is 10.3. The van der Waals surface area contributed by atoms with Crippen molar-refractivity contribution in [1.29, 1.82) is 0 Å². The molecule has 0 bridgehead atoms. The van der Waals surface area contributed by atoms with Crippen molar-refractivity contribution < 1.29 is 9.53 Å². The summed E-state index contributed by atoms with van der Waals surface area (Å²) in [6, 6.07) is 1.76. The summed E-state index contributed by atoms with van der Waals surface area (Å²) in [6.07, 6.45) is 3.57. The Morgan fingerprint density at radius 1 is 1.73 bits per heavy atom. The third-order valence-electron chi connectivity index (χ3n) is 1.30. The topological polar surface area (TPSA) is 42.1 Å². The summed E-state index contributed by atoms with van der Waals surface area (Å²) in [5.41, 5.74) is 0.567. The van der Waals surface area contributed by atoms with Gasteiger partial charge in [0.05, 0.1) is 17.7 Å². The minimum Gasteiger partial charge on any atom is -0.465 e. The van der Waals surface area contributed by atoms with Crippen LogP contribution in [0.15, 0.2) is 17.3 Å². The minimum absolute atomic E-state index is 0.304. The molecule has 1 rings (SSSR count). The number of esters is 1. The summed E-state index contributed by atoms with van der Waals surface area (Å²) in [5.74, 6) is -0.304. The maximum Gasteiger partial charge on any atom is 0.339 e. The number of aromatic amines is 1. The lowest BCUT2D eigenvalue weighted by Gasteiger charge is -1.91. The molecule has 0 amide bonds. The van der Waals surface area contributed by atoms with Gasteiger partial charge in [-0.25, -0.2) is 4.79 Å². The van der Waals surface area contributed by atoms with Gasteiger partial charge in [-0.1, -0.05) is 0 Å². The molecular formula is C7H9NO2S. The van der Waals surface area contributed by atoms with Gasteiger partial charge in [-0.2, -0.15) is 0 Å². The molecule has 0 aromatic carbocycles. The maximum atomic E-state index is 10.9. The fourth-order valence-corrected chi connectivity index (χ4v) is 1.15. The summed E-state index contributed by atoms with van der Waals surface area (Å²) in [5, 5.41) is 0.963. The number of carbonyl (C=O) groups is 1. The van der Waals surface area contributed by atoms with Gasteiger partial charge >= 0.3 is 5.97 Å². The van der Waals surface area contributed by atoms with Crippen LogP contribution in [0.25, 0.3) is 0 Å². The lowest BCUT2D eigenvalue weighted by molar-refractivity contribution is 0.0601. The highest BCUT2D eigenvalue weighted by atomic mass is 32.2. The predicted octanol–water partition coefficient (Wildman–Crippen LogP) is 1.52. The molecule has 0 unspecified atom stereocenters. The number of nitrogens with one attached hydrogen (secondary N) is 1. The second-order valence-electron chi connectivity index (χ2n) is 1.95. The van der Waals surface area contributed by atoms with E-state index in [-0.39, 0.29) is 5.97 Å². The van der Waals surface area contributed by atoms with E-state index in [0.717, 1.165) is 5.03 Å². The predicted molar refractivity (Wildman–Crippen MR) is 43.9 cm³/mol. The first-order valence-corrected chi connectivity index (χ1v) is 4.31. The van der Waals surface area contributed by atoms with Crippen molar-refractivity contribution in [3.8, 4) is 0 Å². The molecule has 0 aliphatic carbocycles. The molecule has 0 fully saturated rings. The van der Waals surface area contributed by atoms with Crippen LogP contribution in [0.1, 0.15) is 10.4 Å². The summed E-state index contributed by atoms with van der Waals surface area (Å²) < 4.78 is 4.53. The second-order valence-corrected chi connectivity index (χ2v) is 2.80. The van der Waals surface area contributed by atoms with Crippen LogP contribution in [0.4, 0.5) is 0 Å². The Balaban J connectivity index is 2.80. The standard InChI is InChI=1S/C7H9NO2S/c1-10-7(9)5-3-6(11-2)8-4-5/h3-4,8H,1-2H3. The van der Waals surface area contributed by atoms with E-state index in [1.807, 2.05) is 6.26 Å². The molecule has 1 N–H and O–H groups in total. The smallest absolute Gasteiger partial charge is 0.339 e. The number of hydrogen-bond donors (Lipinski definition) is 1. The molecule has 0 saturated heterocycles. The number of hydrogen-bond acceptors (Lipinski definition) is 3. The van der Waals surface area contributed by atoms with Gasteiger partial charge in [0.15, 0.2) is 0 Å². The Labute approximate surface area is 69.1 Å². The first kappa shape index (κ1) is 8.20. The molecule has 0 saturated carbocycles. The van der Waals surface area contributed by atoms with E-state index >= 15 is 0 Å². The first-order valence-electron chi connectivity index (χ1n) is 3.08. The number of carbonyl (C=O) groups excluding carboxylic acids is 1. The van der Waals surface area contributed by atoms with Crippen LogP contribution < -0.4 is 0 Å². The number of aromatic nitrogens is 1. The molecule has 4 heteroatoms. The summed E-state index contributed by atoms with van der Waals surface area (Å²) in [7, 11) is 1.37. The van der Waals surface area contributed by atoms with Crippen molar-refractivity contribution in [3.63, 3.8) is 0 Å². The number of H-pyrrole nitrogens is 1. The Morgan fingerprint density at radius 2 is 2.45 bits per heavy atom. The van der Waals surface area contributed by atoms with E-state index in [2.05, 4.69) is 9.72 Å². The SMILES string of the molecule is COC(=O)c1c[nH]c(SC)c1. The van der Waals surface area contributed by atoms with Crippen molar-refractivity contribution in [3.05, 3.63) is 17.8 Å². The van der Waals surface area contributed by atoms with Crippen molar-refractivity contribution in [2.75, 3.05) is 13.4 Å². The molecule has 1 aromatic heterocycles. The molecule has 0 radical (unpaired) electrons. The van der Waals surface area contributed by atoms with Gasteiger partial charge in [0.2, 0.25) is 0 Å². The van der Waals surface area contributed by atoms with Gasteiger partial charge in [-0.3, -0.25) is 0 Å². The Bertz CT molecular complexity index is 257. The Morgan fingerprint density at radius 3 is 2.91 bits per heavy atom. The molecular weight excluding hydrogens is 162 g/mol. The van der Waals surface area contributed by atoms with E-state index < -0.39 is 0 Å². The van der Waals surface area contributed by atoms with Crippen LogP contribution in [0.2, 0.25) is 0 Å². The van der Waals surface area contributed by atoms with Gasteiger partial charge in [0, 0.05) is 6.20 Å². The fraction of sp³-hybridized carbons (Fsp3) is 0.286. The Kier molecular flexibility index (Phi) is 2.59. The zero-order chi connectivity index (χ0) is 8.27. The molecule has 0 aliphatic rings. The maximum absolute atomic E-state index is 10.9. The number of ether oxygens (including phenoxy) is 1. The van der Waals surface area contributed by atoms with Gasteiger partial charge in [-0.05, 0) is 12.3 Å². The van der Waals surface area contributed by atoms with Crippen LogP contribution >= 0.6 is 11.8 Å². The summed E-state index contributed by atoms with van der Waals surface area (Å²) >= 11 is 1.55. The van der Waals surface area contributed by atoms with Crippen LogP contribution in [-0.4, -0.2) is 24.3 Å². The van der Waals surface area contributed by atoms with E-state index in [0.29, 0.717) is 5.56 Å². The van der Waals surface area contributed by atoms with Crippen LogP contribution in [0.3, 0.4) is 0 Å². The summed E-state index contributed by atoms with van der Waals surface area (Å²) in [4.78, 5) is 13.8. The van der Waals surface area contributed by atoms with Gasteiger partial charge < -0.3 is 9.72 Å². The molecule has 0 atom stereocenters.